The minimum Gasteiger partial charge on any atom is -0.348 e. The zero-order valence-corrected chi connectivity index (χ0v) is 6.05. The summed E-state index contributed by atoms with van der Waals surface area (Å²) in [5.74, 6) is 0.324. The summed E-state index contributed by atoms with van der Waals surface area (Å²) in [4.78, 5) is 12.9. The van der Waals surface area contributed by atoms with Crippen molar-refractivity contribution >= 4 is 13.8 Å². The lowest BCUT2D eigenvalue weighted by Gasteiger charge is -2.18. The maximum atomic E-state index is 10.9. The fraction of sp³-hybridized carbons (Fsp3) is 0.833. The molecule has 1 amide bonds. The second kappa shape index (κ2) is 2.42. The van der Waals surface area contributed by atoms with E-state index in [1.807, 2.05) is 12.7 Å². The summed E-state index contributed by atoms with van der Waals surface area (Å²) in [6.45, 7) is 2.11. The number of carbonyl (C=O) groups is 1. The molecule has 50 valence electrons. The van der Waals surface area contributed by atoms with Crippen molar-refractivity contribution in [3.63, 3.8) is 0 Å². The Morgan fingerprint density at radius 1 is 1.89 bits per heavy atom. The van der Waals surface area contributed by atoms with Gasteiger partial charge in [-0.25, -0.2) is 0 Å². The molecule has 1 heterocycles. The van der Waals surface area contributed by atoms with Crippen LogP contribution in [0, 0.1) is 0 Å². The van der Waals surface area contributed by atoms with Gasteiger partial charge in [0.1, 0.15) is 7.85 Å². The topological polar surface area (TPSA) is 20.3 Å². The third-order valence-corrected chi connectivity index (χ3v) is 1.97. The molecule has 1 fully saturated rings. The Balaban J connectivity index is 2.55. The number of nitrogens with zero attached hydrogens (tertiary/aromatic N) is 1. The molecule has 1 aliphatic rings. The maximum Gasteiger partial charge on any atom is 0.222 e. The van der Waals surface area contributed by atoms with E-state index in [-0.39, 0.29) is 0 Å². The van der Waals surface area contributed by atoms with Gasteiger partial charge in [-0.05, 0) is 19.8 Å². The van der Waals surface area contributed by atoms with E-state index < -0.39 is 0 Å². The molecule has 0 saturated carbocycles. The predicted molar refractivity (Wildman–Crippen MR) is 39.0 cm³/mol. The van der Waals surface area contributed by atoms with Crippen LogP contribution in [0.2, 0.25) is 0 Å². The zero-order chi connectivity index (χ0) is 6.85. The van der Waals surface area contributed by atoms with Crippen LogP contribution in [0.1, 0.15) is 19.8 Å². The summed E-state index contributed by atoms with van der Waals surface area (Å²) in [6, 6.07) is 0.488. The van der Waals surface area contributed by atoms with Gasteiger partial charge < -0.3 is 4.90 Å². The van der Waals surface area contributed by atoms with Gasteiger partial charge >= 0.3 is 0 Å². The third-order valence-electron chi connectivity index (χ3n) is 1.97. The van der Waals surface area contributed by atoms with Gasteiger partial charge in [-0.15, -0.1) is 0 Å². The largest absolute Gasteiger partial charge is 0.348 e. The number of hydrogen-bond donors (Lipinski definition) is 0. The van der Waals surface area contributed by atoms with Crippen molar-refractivity contribution in [1.29, 1.82) is 0 Å². The van der Waals surface area contributed by atoms with Crippen LogP contribution in [0.15, 0.2) is 0 Å². The second-order valence-corrected chi connectivity index (χ2v) is 2.57. The van der Waals surface area contributed by atoms with E-state index in [9.17, 15) is 4.79 Å². The Labute approximate surface area is 56.6 Å². The van der Waals surface area contributed by atoms with E-state index in [2.05, 4.69) is 6.92 Å². The SMILES string of the molecule is BCN1C(=O)CCC1C. The Kier molecular flexibility index (Phi) is 1.79. The number of carbonyl (C=O) groups excluding carboxylic acids is 1. The van der Waals surface area contributed by atoms with Crippen molar-refractivity contribution in [3.8, 4) is 0 Å². The number of amides is 1. The molecule has 0 aromatic carbocycles. The Hall–Kier alpha value is -0.465. The van der Waals surface area contributed by atoms with Crippen LogP contribution < -0.4 is 0 Å². The number of rotatable bonds is 1. The molecule has 0 aromatic rings. The molecule has 9 heavy (non-hydrogen) atoms. The molecule has 0 radical (unpaired) electrons. The zero-order valence-electron chi connectivity index (χ0n) is 6.05. The first-order valence-corrected chi connectivity index (χ1v) is 3.55. The quantitative estimate of drug-likeness (QED) is 0.436. The highest BCUT2D eigenvalue weighted by atomic mass is 16.2. The van der Waals surface area contributed by atoms with Crippen LogP contribution in [0.5, 0.6) is 0 Å². The van der Waals surface area contributed by atoms with E-state index >= 15 is 0 Å². The first-order chi connectivity index (χ1) is 4.25. The molecule has 0 bridgehead atoms. The number of hydrogen-bond acceptors (Lipinski definition) is 1. The molecule has 1 unspecified atom stereocenters. The molecule has 1 saturated heterocycles. The van der Waals surface area contributed by atoms with E-state index in [1.54, 1.807) is 0 Å². The molecular formula is C6H12BNO. The van der Waals surface area contributed by atoms with Gasteiger partial charge in [0.25, 0.3) is 0 Å². The van der Waals surface area contributed by atoms with Gasteiger partial charge in [-0.1, -0.05) is 0 Å². The summed E-state index contributed by atoms with van der Waals surface area (Å²) in [6.07, 6.45) is 2.68. The van der Waals surface area contributed by atoms with Crippen molar-refractivity contribution in [1.82, 2.24) is 4.90 Å². The molecule has 2 nitrogen and oxygen atoms in total. The van der Waals surface area contributed by atoms with Crippen molar-refractivity contribution < 1.29 is 4.79 Å². The maximum absolute atomic E-state index is 10.9. The second-order valence-electron chi connectivity index (χ2n) is 2.57. The van der Waals surface area contributed by atoms with Crippen LogP contribution in [0.25, 0.3) is 0 Å². The lowest BCUT2D eigenvalue weighted by atomic mass is 10.1. The van der Waals surface area contributed by atoms with Crippen LogP contribution >= 0.6 is 0 Å². The molecule has 0 aromatic heterocycles. The summed E-state index contributed by atoms with van der Waals surface area (Å²) in [5.41, 5.74) is 0. The summed E-state index contributed by atoms with van der Waals surface area (Å²) in [7, 11) is 2.03. The van der Waals surface area contributed by atoms with Crippen LogP contribution in [0.4, 0.5) is 0 Å². The van der Waals surface area contributed by atoms with Gasteiger partial charge in [0, 0.05) is 12.5 Å². The molecule has 0 spiro atoms. The first-order valence-electron chi connectivity index (χ1n) is 3.55. The normalized spacial score (nSPS) is 27.4. The number of likely N-dealkylation sites (tertiary alicyclic amines) is 1. The minimum absolute atomic E-state index is 0.324. The molecule has 1 aliphatic heterocycles. The summed E-state index contributed by atoms with van der Waals surface area (Å²) in [5, 5.41) is 0. The highest BCUT2D eigenvalue weighted by Crippen LogP contribution is 2.15. The van der Waals surface area contributed by atoms with Crippen LogP contribution in [-0.2, 0) is 4.79 Å². The van der Waals surface area contributed by atoms with E-state index in [0.29, 0.717) is 11.9 Å². The third kappa shape index (κ3) is 1.09. The monoisotopic (exact) mass is 125 g/mol. The Bertz CT molecular complexity index is 126. The fourth-order valence-electron chi connectivity index (χ4n) is 1.37. The Morgan fingerprint density at radius 2 is 2.56 bits per heavy atom. The molecule has 1 rings (SSSR count). The lowest BCUT2D eigenvalue weighted by Crippen LogP contribution is -2.31. The minimum atomic E-state index is 0.324. The molecular weight excluding hydrogens is 113 g/mol. The van der Waals surface area contributed by atoms with Gasteiger partial charge in [0.05, 0.1) is 0 Å². The van der Waals surface area contributed by atoms with Crippen molar-refractivity contribution in [3.05, 3.63) is 0 Å². The predicted octanol–water partition coefficient (Wildman–Crippen LogP) is -0.412. The van der Waals surface area contributed by atoms with E-state index in [0.717, 1.165) is 19.3 Å². The average Bonchev–Trinajstić information content (AvgIpc) is 2.12. The van der Waals surface area contributed by atoms with Gasteiger partial charge in [0.15, 0.2) is 0 Å². The van der Waals surface area contributed by atoms with Gasteiger partial charge in [0.2, 0.25) is 5.91 Å². The van der Waals surface area contributed by atoms with E-state index in [4.69, 9.17) is 0 Å². The Morgan fingerprint density at radius 3 is 2.78 bits per heavy atom. The molecule has 0 N–H and O–H groups in total. The van der Waals surface area contributed by atoms with Crippen molar-refractivity contribution in [2.24, 2.45) is 0 Å². The molecule has 0 aliphatic carbocycles. The van der Waals surface area contributed by atoms with Gasteiger partial charge in [-0.2, -0.15) is 0 Å². The van der Waals surface area contributed by atoms with Gasteiger partial charge in [-0.3, -0.25) is 4.79 Å². The van der Waals surface area contributed by atoms with Crippen molar-refractivity contribution in [2.75, 3.05) is 6.44 Å². The molecule has 3 heteroatoms. The fourth-order valence-corrected chi connectivity index (χ4v) is 1.37. The van der Waals surface area contributed by atoms with Crippen molar-refractivity contribution in [2.45, 2.75) is 25.8 Å². The highest BCUT2D eigenvalue weighted by molar-refractivity contribution is 6.10. The lowest BCUT2D eigenvalue weighted by molar-refractivity contribution is -0.127. The summed E-state index contributed by atoms with van der Waals surface area (Å²) >= 11 is 0. The average molecular weight is 125 g/mol. The first kappa shape index (κ1) is 6.65. The van der Waals surface area contributed by atoms with Crippen LogP contribution in [-0.4, -0.2) is 31.1 Å². The molecule has 1 atom stereocenters. The van der Waals surface area contributed by atoms with Crippen LogP contribution in [0.3, 0.4) is 0 Å². The summed E-state index contributed by atoms with van der Waals surface area (Å²) < 4.78 is 0. The van der Waals surface area contributed by atoms with E-state index in [1.165, 1.54) is 0 Å². The smallest absolute Gasteiger partial charge is 0.222 e. The standard InChI is InChI=1S/C6H12BNO/c1-5-2-3-6(9)8(5)4-7/h5H,2-4,7H2,1H3. The highest BCUT2D eigenvalue weighted by Gasteiger charge is 2.24.